The minimum Gasteiger partial charge on any atom is -0.508 e. The van der Waals surface area contributed by atoms with Crippen molar-refractivity contribution in [3.63, 3.8) is 0 Å². The molecule has 0 radical (unpaired) electrons. The van der Waals surface area contributed by atoms with Gasteiger partial charge in [0.2, 0.25) is 0 Å². The summed E-state index contributed by atoms with van der Waals surface area (Å²) in [6.07, 6.45) is 0. The van der Waals surface area contributed by atoms with Gasteiger partial charge in [-0.25, -0.2) is 0 Å². The van der Waals surface area contributed by atoms with E-state index in [-0.39, 0.29) is 17.7 Å². The number of hydrogen-bond acceptors (Lipinski definition) is 2. The van der Waals surface area contributed by atoms with Crippen molar-refractivity contribution in [1.29, 1.82) is 0 Å². The Labute approximate surface area is 146 Å². The summed E-state index contributed by atoms with van der Waals surface area (Å²) in [4.78, 5) is 14.4. The molecular formula is C16H15BrINO2. The quantitative estimate of drug-likeness (QED) is 0.682. The maximum atomic E-state index is 12.7. The first-order valence-electron chi connectivity index (χ1n) is 6.41. The fourth-order valence-electron chi connectivity index (χ4n) is 2.00. The molecule has 1 amide bonds. The van der Waals surface area contributed by atoms with Crippen molar-refractivity contribution in [2.75, 3.05) is 7.05 Å². The zero-order valence-corrected chi connectivity index (χ0v) is 15.4. The second-order valence-corrected chi connectivity index (χ2v) is 6.89. The van der Waals surface area contributed by atoms with Gasteiger partial charge in [-0.2, -0.15) is 0 Å². The lowest BCUT2D eigenvalue weighted by atomic mass is 10.1. The van der Waals surface area contributed by atoms with Gasteiger partial charge in [0, 0.05) is 15.1 Å². The molecule has 1 N–H and O–H groups in total. The van der Waals surface area contributed by atoms with Crippen molar-refractivity contribution >= 4 is 44.4 Å². The molecule has 110 valence electrons. The highest BCUT2D eigenvalue weighted by molar-refractivity contribution is 14.1. The van der Waals surface area contributed by atoms with Gasteiger partial charge in [0.1, 0.15) is 5.75 Å². The first kappa shape index (κ1) is 16.3. The monoisotopic (exact) mass is 459 g/mol. The van der Waals surface area contributed by atoms with Crippen molar-refractivity contribution in [2.24, 2.45) is 0 Å². The highest BCUT2D eigenvalue weighted by Gasteiger charge is 2.21. The molecule has 0 fully saturated rings. The number of halogens is 2. The lowest BCUT2D eigenvalue weighted by Gasteiger charge is -2.26. The molecule has 3 nitrogen and oxygen atoms in total. The van der Waals surface area contributed by atoms with E-state index in [4.69, 9.17) is 0 Å². The molecule has 0 aromatic heterocycles. The van der Waals surface area contributed by atoms with Gasteiger partial charge in [0.25, 0.3) is 5.91 Å². The Morgan fingerprint density at radius 1 is 1.24 bits per heavy atom. The number of carbonyl (C=O) groups excluding carboxylic acids is 1. The van der Waals surface area contributed by atoms with Crippen LogP contribution in [0.3, 0.4) is 0 Å². The molecule has 0 saturated heterocycles. The number of phenolic OH excluding ortho intramolecular Hbond substituents is 1. The van der Waals surface area contributed by atoms with Gasteiger partial charge < -0.3 is 10.0 Å². The van der Waals surface area contributed by atoms with Gasteiger partial charge in [-0.05, 0) is 65.4 Å². The predicted octanol–water partition coefficient (Wildman–Crippen LogP) is 4.59. The first-order valence-corrected chi connectivity index (χ1v) is 8.28. The molecule has 1 atom stereocenters. The van der Waals surface area contributed by atoms with Crippen LogP contribution in [-0.2, 0) is 0 Å². The van der Waals surface area contributed by atoms with E-state index >= 15 is 0 Å². The maximum absolute atomic E-state index is 12.7. The fourth-order valence-corrected chi connectivity index (χ4v) is 2.93. The number of nitrogens with zero attached hydrogens (tertiary/aromatic N) is 1. The second-order valence-electron chi connectivity index (χ2n) is 4.81. The van der Waals surface area contributed by atoms with E-state index < -0.39 is 0 Å². The number of rotatable bonds is 3. The van der Waals surface area contributed by atoms with Gasteiger partial charge in [-0.15, -0.1) is 0 Å². The third kappa shape index (κ3) is 3.77. The summed E-state index contributed by atoms with van der Waals surface area (Å²) >= 11 is 5.57. The summed E-state index contributed by atoms with van der Waals surface area (Å²) in [6.45, 7) is 1.97. The van der Waals surface area contributed by atoms with Crippen LogP contribution in [0.25, 0.3) is 0 Å². The van der Waals surface area contributed by atoms with Crippen LogP contribution in [0.2, 0.25) is 0 Å². The van der Waals surface area contributed by atoms with Crippen LogP contribution >= 0.6 is 38.5 Å². The molecule has 2 aromatic carbocycles. The van der Waals surface area contributed by atoms with E-state index in [1.807, 2.05) is 37.3 Å². The molecule has 0 bridgehead atoms. The molecule has 0 aliphatic rings. The van der Waals surface area contributed by atoms with E-state index in [0.717, 1.165) is 13.6 Å². The van der Waals surface area contributed by atoms with E-state index in [9.17, 15) is 9.90 Å². The number of amides is 1. The standard InChI is InChI=1S/C16H15BrINO2/c1-10(11-3-6-13(20)7-4-11)19(2)16(21)14-9-12(17)5-8-15(14)18/h3-10,20H,1-2H3. The predicted molar refractivity (Wildman–Crippen MR) is 95.5 cm³/mol. The number of phenols is 1. The summed E-state index contributed by atoms with van der Waals surface area (Å²) in [6, 6.07) is 12.5. The normalized spacial score (nSPS) is 12.0. The summed E-state index contributed by atoms with van der Waals surface area (Å²) in [5.41, 5.74) is 1.66. The van der Waals surface area contributed by atoms with Crippen LogP contribution in [0.5, 0.6) is 5.75 Å². The molecule has 2 rings (SSSR count). The highest BCUT2D eigenvalue weighted by Crippen LogP contribution is 2.25. The van der Waals surface area contributed by atoms with Crippen LogP contribution in [0.15, 0.2) is 46.9 Å². The Kier molecular flexibility index (Phi) is 5.27. The Bertz CT molecular complexity index is 658. The zero-order valence-electron chi connectivity index (χ0n) is 11.7. The van der Waals surface area contributed by atoms with Crippen LogP contribution in [0.1, 0.15) is 28.9 Å². The lowest BCUT2D eigenvalue weighted by Crippen LogP contribution is -2.30. The zero-order chi connectivity index (χ0) is 15.6. The topological polar surface area (TPSA) is 40.5 Å². The Hall–Kier alpha value is -1.08. The highest BCUT2D eigenvalue weighted by atomic mass is 127. The van der Waals surface area contributed by atoms with Gasteiger partial charge in [-0.3, -0.25) is 4.79 Å². The third-order valence-electron chi connectivity index (χ3n) is 3.44. The van der Waals surface area contributed by atoms with Crippen molar-refractivity contribution in [3.8, 4) is 5.75 Å². The molecule has 0 aliphatic heterocycles. The number of carbonyl (C=O) groups is 1. The molecule has 0 heterocycles. The van der Waals surface area contributed by atoms with Crippen molar-refractivity contribution in [2.45, 2.75) is 13.0 Å². The average molecular weight is 460 g/mol. The Morgan fingerprint density at radius 3 is 2.48 bits per heavy atom. The molecule has 0 aliphatic carbocycles. The molecule has 21 heavy (non-hydrogen) atoms. The van der Waals surface area contributed by atoms with E-state index in [1.54, 1.807) is 24.1 Å². The lowest BCUT2D eigenvalue weighted by molar-refractivity contribution is 0.0741. The third-order valence-corrected chi connectivity index (χ3v) is 4.87. The Morgan fingerprint density at radius 2 is 1.86 bits per heavy atom. The SMILES string of the molecule is CC(c1ccc(O)cc1)N(C)C(=O)c1cc(Br)ccc1I. The minimum atomic E-state index is -0.0760. The molecule has 2 aromatic rings. The summed E-state index contributed by atoms with van der Waals surface area (Å²) in [7, 11) is 1.79. The fraction of sp³-hybridized carbons (Fsp3) is 0.188. The smallest absolute Gasteiger partial charge is 0.255 e. The van der Waals surface area contributed by atoms with Gasteiger partial charge in [0.05, 0.1) is 11.6 Å². The molecule has 0 saturated carbocycles. The van der Waals surface area contributed by atoms with E-state index in [2.05, 4.69) is 38.5 Å². The number of aromatic hydroxyl groups is 1. The Balaban J connectivity index is 2.26. The first-order chi connectivity index (χ1) is 9.90. The molecular weight excluding hydrogens is 445 g/mol. The molecule has 5 heteroatoms. The van der Waals surface area contributed by atoms with E-state index in [1.165, 1.54) is 0 Å². The van der Waals surface area contributed by atoms with Gasteiger partial charge >= 0.3 is 0 Å². The summed E-state index contributed by atoms with van der Waals surface area (Å²) < 4.78 is 1.81. The largest absolute Gasteiger partial charge is 0.508 e. The van der Waals surface area contributed by atoms with Crippen LogP contribution in [0.4, 0.5) is 0 Å². The van der Waals surface area contributed by atoms with Gasteiger partial charge in [-0.1, -0.05) is 28.1 Å². The van der Waals surface area contributed by atoms with Crippen LogP contribution in [-0.4, -0.2) is 23.0 Å². The molecule has 1 unspecified atom stereocenters. The van der Waals surface area contributed by atoms with Crippen LogP contribution < -0.4 is 0 Å². The van der Waals surface area contributed by atoms with Crippen molar-refractivity contribution < 1.29 is 9.90 Å². The number of benzene rings is 2. The number of hydrogen-bond donors (Lipinski definition) is 1. The molecule has 0 spiro atoms. The van der Waals surface area contributed by atoms with Gasteiger partial charge in [0.15, 0.2) is 0 Å². The summed E-state index contributed by atoms with van der Waals surface area (Å²) in [5, 5.41) is 9.34. The minimum absolute atomic E-state index is 0.0266. The second kappa shape index (κ2) is 6.79. The van der Waals surface area contributed by atoms with E-state index in [0.29, 0.717) is 5.56 Å². The van der Waals surface area contributed by atoms with Crippen molar-refractivity contribution in [3.05, 3.63) is 61.6 Å². The maximum Gasteiger partial charge on any atom is 0.255 e. The summed E-state index contributed by atoms with van der Waals surface area (Å²) in [5.74, 6) is 0.197. The average Bonchev–Trinajstić information content (AvgIpc) is 2.48. The van der Waals surface area contributed by atoms with Crippen LogP contribution in [0, 0.1) is 3.57 Å². The van der Waals surface area contributed by atoms with Crippen molar-refractivity contribution in [1.82, 2.24) is 4.90 Å².